The third kappa shape index (κ3) is 4.28. The molecular formula is C13H24N2OS. The van der Waals surface area contributed by atoms with Gasteiger partial charge in [-0.15, -0.1) is 0 Å². The van der Waals surface area contributed by atoms with Gasteiger partial charge in [-0.2, -0.15) is 0 Å². The molecule has 0 spiro atoms. The van der Waals surface area contributed by atoms with Gasteiger partial charge in [-0.05, 0) is 18.8 Å². The standard InChI is InChI=1S/C13H24N2OS/c1-9(2)6-15(7-10(3)4)13-14-11(5)12(8-16)17-13/h9-10,16H,6-8H2,1-5H3. The minimum Gasteiger partial charge on any atom is -0.391 e. The van der Waals surface area contributed by atoms with E-state index in [9.17, 15) is 5.11 Å². The Hall–Kier alpha value is -0.610. The number of anilines is 1. The summed E-state index contributed by atoms with van der Waals surface area (Å²) in [4.78, 5) is 7.90. The van der Waals surface area contributed by atoms with Crippen molar-refractivity contribution in [3.05, 3.63) is 10.6 Å². The SMILES string of the molecule is Cc1nc(N(CC(C)C)CC(C)C)sc1CO. The van der Waals surface area contributed by atoms with Crippen LogP contribution >= 0.6 is 11.3 Å². The van der Waals surface area contributed by atoms with E-state index in [1.807, 2.05) is 6.92 Å². The maximum atomic E-state index is 9.23. The lowest BCUT2D eigenvalue weighted by Crippen LogP contribution is -2.31. The second kappa shape index (κ2) is 6.36. The highest BCUT2D eigenvalue weighted by molar-refractivity contribution is 7.15. The number of aliphatic hydroxyl groups is 1. The molecule has 3 nitrogen and oxygen atoms in total. The molecule has 0 unspecified atom stereocenters. The molecule has 0 atom stereocenters. The van der Waals surface area contributed by atoms with Gasteiger partial charge in [0.25, 0.3) is 0 Å². The van der Waals surface area contributed by atoms with Crippen LogP contribution in [0.4, 0.5) is 5.13 Å². The molecule has 0 amide bonds. The Morgan fingerprint density at radius 2 is 1.71 bits per heavy atom. The lowest BCUT2D eigenvalue weighted by Gasteiger charge is -2.25. The molecular weight excluding hydrogens is 232 g/mol. The van der Waals surface area contributed by atoms with Crippen molar-refractivity contribution in [3.8, 4) is 0 Å². The molecule has 1 N–H and O–H groups in total. The largest absolute Gasteiger partial charge is 0.391 e. The van der Waals surface area contributed by atoms with Gasteiger partial charge in [0.05, 0.1) is 17.2 Å². The van der Waals surface area contributed by atoms with Gasteiger partial charge in [0.15, 0.2) is 5.13 Å². The number of hydrogen-bond acceptors (Lipinski definition) is 4. The molecule has 0 bridgehead atoms. The van der Waals surface area contributed by atoms with Crippen molar-refractivity contribution in [3.63, 3.8) is 0 Å². The zero-order valence-electron chi connectivity index (χ0n) is 11.5. The normalized spacial score (nSPS) is 11.5. The van der Waals surface area contributed by atoms with Gasteiger partial charge >= 0.3 is 0 Å². The lowest BCUT2D eigenvalue weighted by atomic mass is 10.1. The van der Waals surface area contributed by atoms with Crippen molar-refractivity contribution in [2.45, 2.75) is 41.2 Å². The fourth-order valence-electron chi connectivity index (χ4n) is 1.81. The number of aryl methyl sites for hydroxylation is 1. The summed E-state index contributed by atoms with van der Waals surface area (Å²) in [6.45, 7) is 13.0. The van der Waals surface area contributed by atoms with E-state index in [1.54, 1.807) is 11.3 Å². The Balaban J connectivity index is 2.87. The van der Waals surface area contributed by atoms with Gasteiger partial charge in [0, 0.05) is 13.1 Å². The van der Waals surface area contributed by atoms with Crippen LogP contribution < -0.4 is 4.90 Å². The summed E-state index contributed by atoms with van der Waals surface area (Å²) in [6, 6.07) is 0. The van der Waals surface area contributed by atoms with E-state index < -0.39 is 0 Å². The summed E-state index contributed by atoms with van der Waals surface area (Å²) in [5, 5.41) is 10.3. The molecule has 0 aliphatic carbocycles. The van der Waals surface area contributed by atoms with Gasteiger partial charge in [-0.1, -0.05) is 39.0 Å². The number of thiazole rings is 1. The van der Waals surface area contributed by atoms with Crippen LogP contribution in [0.1, 0.15) is 38.3 Å². The van der Waals surface area contributed by atoms with Crippen LogP contribution in [-0.4, -0.2) is 23.2 Å². The average Bonchev–Trinajstić information content (AvgIpc) is 2.57. The van der Waals surface area contributed by atoms with Crippen molar-refractivity contribution >= 4 is 16.5 Å². The summed E-state index contributed by atoms with van der Waals surface area (Å²) in [5.41, 5.74) is 0.963. The summed E-state index contributed by atoms with van der Waals surface area (Å²) in [5.74, 6) is 1.24. The second-order valence-electron chi connectivity index (χ2n) is 5.36. The predicted octanol–water partition coefficient (Wildman–Crippen LogP) is 3.06. The van der Waals surface area contributed by atoms with Crippen LogP contribution in [0.15, 0.2) is 0 Å². The molecule has 0 fully saturated rings. The van der Waals surface area contributed by atoms with Crippen molar-refractivity contribution in [1.29, 1.82) is 0 Å². The Morgan fingerprint density at radius 1 is 1.18 bits per heavy atom. The van der Waals surface area contributed by atoms with Gasteiger partial charge in [0.2, 0.25) is 0 Å². The molecule has 0 saturated heterocycles. The molecule has 17 heavy (non-hydrogen) atoms. The number of hydrogen-bond donors (Lipinski definition) is 1. The molecule has 0 radical (unpaired) electrons. The van der Waals surface area contributed by atoms with Gasteiger partial charge < -0.3 is 10.0 Å². The van der Waals surface area contributed by atoms with Crippen LogP contribution in [0.5, 0.6) is 0 Å². The Bertz CT molecular complexity index is 337. The van der Waals surface area contributed by atoms with Gasteiger partial charge in [-0.3, -0.25) is 0 Å². The minimum atomic E-state index is 0.0979. The maximum absolute atomic E-state index is 9.23. The highest BCUT2D eigenvalue weighted by atomic mass is 32.1. The molecule has 1 heterocycles. The number of aromatic nitrogens is 1. The minimum absolute atomic E-state index is 0.0979. The fourth-order valence-corrected chi connectivity index (χ4v) is 2.75. The third-order valence-electron chi connectivity index (χ3n) is 2.47. The number of nitrogens with zero attached hydrogens (tertiary/aromatic N) is 2. The van der Waals surface area contributed by atoms with Crippen molar-refractivity contribution in [1.82, 2.24) is 4.98 Å². The van der Waals surface area contributed by atoms with E-state index in [4.69, 9.17) is 0 Å². The Kier molecular flexibility index (Phi) is 5.40. The zero-order chi connectivity index (χ0) is 13.0. The molecule has 0 aliphatic rings. The van der Waals surface area contributed by atoms with E-state index in [0.29, 0.717) is 11.8 Å². The Labute approximate surface area is 108 Å². The molecule has 4 heteroatoms. The molecule has 98 valence electrons. The highest BCUT2D eigenvalue weighted by Gasteiger charge is 2.16. The summed E-state index contributed by atoms with van der Waals surface area (Å²) < 4.78 is 0. The lowest BCUT2D eigenvalue weighted by molar-refractivity contribution is 0.284. The predicted molar refractivity (Wildman–Crippen MR) is 74.7 cm³/mol. The maximum Gasteiger partial charge on any atom is 0.185 e. The first-order chi connectivity index (χ1) is 7.93. The third-order valence-corrected chi connectivity index (χ3v) is 3.67. The second-order valence-corrected chi connectivity index (χ2v) is 6.42. The monoisotopic (exact) mass is 256 g/mol. The number of rotatable bonds is 6. The van der Waals surface area contributed by atoms with E-state index >= 15 is 0 Å². The van der Waals surface area contributed by atoms with Crippen molar-refractivity contribution in [2.75, 3.05) is 18.0 Å². The summed E-state index contributed by atoms with van der Waals surface area (Å²) in [6.07, 6.45) is 0. The molecule has 1 aromatic rings. The molecule has 1 aromatic heterocycles. The van der Waals surface area contributed by atoms with Gasteiger partial charge in [0.1, 0.15) is 0 Å². The molecule has 0 aromatic carbocycles. The van der Waals surface area contributed by atoms with Crippen LogP contribution in [0.3, 0.4) is 0 Å². The summed E-state index contributed by atoms with van der Waals surface area (Å²) >= 11 is 1.62. The number of aliphatic hydroxyl groups excluding tert-OH is 1. The zero-order valence-corrected chi connectivity index (χ0v) is 12.3. The van der Waals surface area contributed by atoms with Gasteiger partial charge in [-0.25, -0.2) is 4.98 Å². The first kappa shape index (κ1) is 14.5. The smallest absolute Gasteiger partial charge is 0.185 e. The van der Waals surface area contributed by atoms with Crippen molar-refractivity contribution < 1.29 is 5.11 Å². The van der Waals surface area contributed by atoms with Crippen LogP contribution in [0.25, 0.3) is 0 Å². The van der Waals surface area contributed by atoms with Crippen molar-refractivity contribution in [2.24, 2.45) is 11.8 Å². The van der Waals surface area contributed by atoms with Crippen LogP contribution in [0, 0.1) is 18.8 Å². The van der Waals surface area contributed by atoms with E-state index in [1.165, 1.54) is 0 Å². The highest BCUT2D eigenvalue weighted by Crippen LogP contribution is 2.27. The van der Waals surface area contributed by atoms with E-state index in [-0.39, 0.29) is 6.61 Å². The molecule has 0 aliphatic heterocycles. The first-order valence-electron chi connectivity index (χ1n) is 6.26. The summed E-state index contributed by atoms with van der Waals surface area (Å²) in [7, 11) is 0. The van der Waals surface area contributed by atoms with E-state index in [2.05, 4.69) is 37.6 Å². The Morgan fingerprint density at radius 3 is 2.06 bits per heavy atom. The topological polar surface area (TPSA) is 36.4 Å². The quantitative estimate of drug-likeness (QED) is 0.850. The molecule has 1 rings (SSSR count). The first-order valence-corrected chi connectivity index (χ1v) is 7.07. The van der Waals surface area contributed by atoms with Crippen LogP contribution in [-0.2, 0) is 6.61 Å². The van der Waals surface area contributed by atoms with Crippen LogP contribution in [0.2, 0.25) is 0 Å². The average molecular weight is 256 g/mol. The fraction of sp³-hybridized carbons (Fsp3) is 0.769. The van der Waals surface area contributed by atoms with E-state index in [0.717, 1.165) is 28.8 Å². The molecule has 0 saturated carbocycles.